The lowest BCUT2D eigenvalue weighted by molar-refractivity contribution is 0.0697. The summed E-state index contributed by atoms with van der Waals surface area (Å²) in [6.07, 6.45) is 6.41. The van der Waals surface area contributed by atoms with Gasteiger partial charge >= 0.3 is 0 Å². The largest absolute Gasteiger partial charge is 0.445 e. The Bertz CT molecular complexity index is 1250. The monoisotopic (exact) mass is 455 g/mol. The third kappa shape index (κ3) is 5.22. The molecule has 34 heavy (non-hydrogen) atoms. The van der Waals surface area contributed by atoms with Gasteiger partial charge in [0.1, 0.15) is 11.6 Å². The molecule has 3 heterocycles. The molecule has 2 aromatic carbocycles. The summed E-state index contributed by atoms with van der Waals surface area (Å²) in [4.78, 5) is 24.0. The quantitative estimate of drug-likeness (QED) is 0.390. The highest BCUT2D eigenvalue weighted by Gasteiger charge is 2.28. The summed E-state index contributed by atoms with van der Waals surface area (Å²) in [5.41, 5.74) is 3.56. The lowest BCUT2D eigenvalue weighted by atomic mass is 9.97. The number of oxazole rings is 1. The molecule has 0 saturated carbocycles. The van der Waals surface area contributed by atoms with Crippen molar-refractivity contribution in [3.05, 3.63) is 119 Å². The Labute approximate surface area is 198 Å². The van der Waals surface area contributed by atoms with E-state index in [1.54, 1.807) is 18.5 Å². The Hall–Kier alpha value is -3.80. The molecule has 5 rings (SSSR count). The number of halogens is 1. The Morgan fingerprint density at radius 1 is 0.971 bits per heavy atom. The van der Waals surface area contributed by atoms with E-state index in [0.717, 1.165) is 30.5 Å². The van der Waals surface area contributed by atoms with E-state index >= 15 is 0 Å². The normalized spacial score (nSPS) is 15.9. The number of likely N-dealkylation sites (tertiary alicyclic amines) is 1. The molecule has 1 aliphatic heterocycles. The zero-order valence-electron chi connectivity index (χ0n) is 18.9. The van der Waals surface area contributed by atoms with Crippen molar-refractivity contribution in [3.63, 3.8) is 0 Å². The highest BCUT2D eigenvalue weighted by molar-refractivity contribution is 5.94. The summed E-state index contributed by atoms with van der Waals surface area (Å²) in [5.74, 6) is 1.10. The first kappa shape index (κ1) is 22.0. The van der Waals surface area contributed by atoms with Gasteiger partial charge in [0.2, 0.25) is 0 Å². The Morgan fingerprint density at radius 3 is 2.62 bits per heavy atom. The number of rotatable bonds is 6. The number of hydrogen-bond donors (Lipinski definition) is 0. The first-order chi connectivity index (χ1) is 16.6. The number of hydrogen-bond acceptors (Lipinski definition) is 4. The second kappa shape index (κ2) is 10.00. The molecule has 0 aliphatic carbocycles. The highest BCUT2D eigenvalue weighted by Crippen LogP contribution is 2.28. The Kier molecular flexibility index (Phi) is 6.47. The Balaban J connectivity index is 1.22. The molecule has 4 aromatic rings. The van der Waals surface area contributed by atoms with Gasteiger partial charge in [0.05, 0.1) is 17.7 Å². The fourth-order valence-corrected chi connectivity index (χ4v) is 4.45. The molecule has 5 nitrogen and oxygen atoms in total. The molecule has 2 aromatic heterocycles. The minimum Gasteiger partial charge on any atom is -0.445 e. The van der Waals surface area contributed by atoms with Crippen LogP contribution in [0.25, 0.3) is 0 Å². The molecule has 0 spiro atoms. The van der Waals surface area contributed by atoms with Crippen LogP contribution in [0, 0.1) is 5.82 Å². The van der Waals surface area contributed by atoms with Gasteiger partial charge in [0, 0.05) is 37.8 Å². The predicted octanol–water partition coefficient (Wildman–Crippen LogP) is 5.41. The zero-order chi connectivity index (χ0) is 23.3. The van der Waals surface area contributed by atoms with Gasteiger partial charge in [-0.2, -0.15) is 0 Å². The number of pyridine rings is 1. The van der Waals surface area contributed by atoms with Crippen LogP contribution in [-0.2, 0) is 12.8 Å². The van der Waals surface area contributed by atoms with Crippen molar-refractivity contribution in [2.24, 2.45) is 0 Å². The van der Waals surface area contributed by atoms with Crippen molar-refractivity contribution in [3.8, 4) is 0 Å². The van der Waals surface area contributed by atoms with Crippen LogP contribution >= 0.6 is 0 Å². The van der Waals surface area contributed by atoms with Crippen molar-refractivity contribution in [1.82, 2.24) is 14.9 Å². The van der Waals surface area contributed by atoms with Crippen LogP contribution in [0.15, 0.2) is 83.5 Å². The van der Waals surface area contributed by atoms with E-state index in [1.807, 2.05) is 41.3 Å². The number of piperidine rings is 1. The lowest BCUT2D eigenvalue weighted by Gasteiger charge is -2.31. The van der Waals surface area contributed by atoms with Crippen LogP contribution in [0.4, 0.5) is 4.39 Å². The van der Waals surface area contributed by atoms with Crippen LogP contribution < -0.4 is 0 Å². The number of nitrogens with zero attached hydrogens (tertiary/aromatic N) is 3. The fourth-order valence-electron chi connectivity index (χ4n) is 4.45. The molecule has 0 N–H and O–H groups in total. The minimum absolute atomic E-state index is 0.0185. The third-order valence-electron chi connectivity index (χ3n) is 6.20. The summed E-state index contributed by atoms with van der Waals surface area (Å²) in [6, 6.07) is 20.4. The lowest BCUT2D eigenvalue weighted by Crippen LogP contribution is -2.39. The summed E-state index contributed by atoms with van der Waals surface area (Å²) < 4.78 is 19.4. The van der Waals surface area contributed by atoms with Gasteiger partial charge in [-0.15, -0.1) is 0 Å². The number of carbonyl (C=O) groups is 1. The SMILES string of the molecule is O=C(c1ccc(Cc2ccccc2)nc1)N1CCCC(c2ncc(Cc3cccc(F)c3)o2)C1. The van der Waals surface area contributed by atoms with Gasteiger partial charge in [0.15, 0.2) is 5.89 Å². The topological polar surface area (TPSA) is 59.2 Å². The van der Waals surface area contributed by atoms with Crippen LogP contribution in [0.3, 0.4) is 0 Å². The van der Waals surface area contributed by atoms with E-state index < -0.39 is 0 Å². The summed E-state index contributed by atoms with van der Waals surface area (Å²) in [7, 11) is 0. The molecule has 172 valence electrons. The van der Waals surface area contributed by atoms with Crippen molar-refractivity contribution < 1.29 is 13.6 Å². The minimum atomic E-state index is -0.263. The zero-order valence-corrected chi connectivity index (χ0v) is 18.9. The van der Waals surface area contributed by atoms with E-state index in [2.05, 4.69) is 22.1 Å². The third-order valence-corrected chi connectivity index (χ3v) is 6.20. The maximum atomic E-state index is 13.5. The van der Waals surface area contributed by atoms with Crippen LogP contribution in [0.2, 0.25) is 0 Å². The molecule has 1 saturated heterocycles. The van der Waals surface area contributed by atoms with Gasteiger partial charge < -0.3 is 9.32 Å². The number of aromatic nitrogens is 2. The molecule has 0 radical (unpaired) electrons. The van der Waals surface area contributed by atoms with E-state index in [4.69, 9.17) is 4.42 Å². The second-order valence-electron chi connectivity index (χ2n) is 8.76. The smallest absolute Gasteiger partial charge is 0.255 e. The summed E-state index contributed by atoms with van der Waals surface area (Å²) >= 11 is 0. The molecule has 1 aliphatic rings. The van der Waals surface area contributed by atoms with Crippen molar-refractivity contribution in [2.45, 2.75) is 31.6 Å². The molecular formula is C28H26FN3O2. The molecule has 6 heteroatoms. The van der Waals surface area contributed by atoms with E-state index in [0.29, 0.717) is 36.7 Å². The number of benzene rings is 2. The standard InChI is InChI=1S/C28H26FN3O2/c29-24-10-4-8-21(14-24)16-26-18-31-27(34-26)23-9-5-13-32(19-23)28(33)22-11-12-25(30-17-22)15-20-6-2-1-3-7-20/h1-4,6-8,10-12,14,17-18,23H,5,9,13,15-16,19H2. The Morgan fingerprint density at radius 2 is 1.82 bits per heavy atom. The predicted molar refractivity (Wildman–Crippen MR) is 127 cm³/mol. The van der Waals surface area contributed by atoms with Crippen molar-refractivity contribution in [1.29, 1.82) is 0 Å². The fraction of sp³-hybridized carbons (Fsp3) is 0.250. The van der Waals surface area contributed by atoms with Crippen LogP contribution in [0.5, 0.6) is 0 Å². The first-order valence-electron chi connectivity index (χ1n) is 11.6. The van der Waals surface area contributed by atoms with Gasteiger partial charge in [0.25, 0.3) is 5.91 Å². The average Bonchev–Trinajstić information content (AvgIpc) is 3.33. The molecule has 1 fully saturated rings. The van der Waals surface area contributed by atoms with Crippen molar-refractivity contribution >= 4 is 5.91 Å². The molecule has 1 atom stereocenters. The second-order valence-corrected chi connectivity index (χ2v) is 8.76. The molecule has 0 bridgehead atoms. The van der Waals surface area contributed by atoms with E-state index in [1.165, 1.54) is 17.7 Å². The maximum Gasteiger partial charge on any atom is 0.255 e. The summed E-state index contributed by atoms with van der Waals surface area (Å²) in [6.45, 7) is 1.27. The molecular weight excluding hydrogens is 429 g/mol. The van der Waals surface area contributed by atoms with Crippen molar-refractivity contribution in [2.75, 3.05) is 13.1 Å². The van der Waals surface area contributed by atoms with Crippen LogP contribution in [-0.4, -0.2) is 33.9 Å². The number of amides is 1. The first-order valence-corrected chi connectivity index (χ1v) is 11.6. The van der Waals surface area contributed by atoms with Gasteiger partial charge in [-0.1, -0.05) is 42.5 Å². The maximum absolute atomic E-state index is 13.5. The van der Waals surface area contributed by atoms with Gasteiger partial charge in [-0.25, -0.2) is 9.37 Å². The summed E-state index contributed by atoms with van der Waals surface area (Å²) in [5, 5.41) is 0. The van der Waals surface area contributed by atoms with Crippen LogP contribution in [0.1, 0.15) is 57.6 Å². The average molecular weight is 456 g/mol. The number of carbonyl (C=O) groups excluding carboxylic acids is 1. The van der Waals surface area contributed by atoms with E-state index in [-0.39, 0.29) is 17.6 Å². The molecule has 1 unspecified atom stereocenters. The van der Waals surface area contributed by atoms with Gasteiger partial charge in [-0.3, -0.25) is 9.78 Å². The highest BCUT2D eigenvalue weighted by atomic mass is 19.1. The van der Waals surface area contributed by atoms with Gasteiger partial charge in [-0.05, 0) is 48.2 Å². The molecule has 1 amide bonds. The van der Waals surface area contributed by atoms with E-state index in [9.17, 15) is 9.18 Å².